The van der Waals surface area contributed by atoms with E-state index < -0.39 is 6.04 Å². The van der Waals surface area contributed by atoms with Gasteiger partial charge in [0.15, 0.2) is 0 Å². The van der Waals surface area contributed by atoms with Gasteiger partial charge in [0.2, 0.25) is 5.91 Å². The standard InChI is InChI=1S/C17H17ClN4O2/c1-9-12(18)4-3-5-13(9)20-16(23)10(2)19-11-6-7-14-15(8-11)22-17(24)21-14/h3-8,10,19H,1-2H3,(H,20,23)(H2,21,22,24). The minimum absolute atomic E-state index is 0.178. The van der Waals surface area contributed by atoms with Crippen LogP contribution < -0.4 is 16.3 Å². The summed E-state index contributed by atoms with van der Waals surface area (Å²) in [5.41, 5.74) is 3.39. The lowest BCUT2D eigenvalue weighted by Crippen LogP contribution is -2.32. The van der Waals surface area contributed by atoms with Crippen LogP contribution in [0.2, 0.25) is 5.02 Å². The van der Waals surface area contributed by atoms with E-state index >= 15 is 0 Å². The number of carbonyl (C=O) groups is 1. The van der Waals surface area contributed by atoms with Crippen LogP contribution in [0.15, 0.2) is 41.2 Å². The zero-order valence-corrected chi connectivity index (χ0v) is 14.0. The highest BCUT2D eigenvalue weighted by molar-refractivity contribution is 6.31. The second-order valence-corrected chi connectivity index (χ2v) is 6.01. The van der Waals surface area contributed by atoms with E-state index in [2.05, 4.69) is 20.6 Å². The van der Waals surface area contributed by atoms with E-state index in [9.17, 15) is 9.59 Å². The summed E-state index contributed by atoms with van der Waals surface area (Å²) in [5.74, 6) is -0.178. The zero-order valence-electron chi connectivity index (χ0n) is 13.2. The molecule has 6 nitrogen and oxygen atoms in total. The molecule has 1 amide bonds. The zero-order chi connectivity index (χ0) is 17.3. The van der Waals surface area contributed by atoms with Gasteiger partial charge in [-0.2, -0.15) is 0 Å². The van der Waals surface area contributed by atoms with E-state index in [4.69, 9.17) is 11.6 Å². The van der Waals surface area contributed by atoms with Crippen LogP contribution in [0.4, 0.5) is 11.4 Å². The van der Waals surface area contributed by atoms with Crippen LogP contribution in [0.25, 0.3) is 11.0 Å². The summed E-state index contributed by atoms with van der Waals surface area (Å²) in [6.45, 7) is 3.62. The van der Waals surface area contributed by atoms with Crippen LogP contribution in [0, 0.1) is 6.92 Å². The van der Waals surface area contributed by atoms with Gasteiger partial charge in [-0.3, -0.25) is 4.79 Å². The van der Waals surface area contributed by atoms with Crippen molar-refractivity contribution in [1.82, 2.24) is 9.97 Å². The van der Waals surface area contributed by atoms with Gasteiger partial charge in [-0.05, 0) is 49.7 Å². The van der Waals surface area contributed by atoms with E-state index in [1.54, 1.807) is 37.3 Å². The van der Waals surface area contributed by atoms with Crippen molar-refractivity contribution in [2.75, 3.05) is 10.6 Å². The minimum Gasteiger partial charge on any atom is -0.374 e. The van der Waals surface area contributed by atoms with Crippen LogP contribution in [-0.4, -0.2) is 21.9 Å². The molecule has 124 valence electrons. The molecule has 4 N–H and O–H groups in total. The normalized spacial score (nSPS) is 12.1. The fourth-order valence-electron chi connectivity index (χ4n) is 2.42. The minimum atomic E-state index is -0.466. The van der Waals surface area contributed by atoms with Gasteiger partial charge in [0.1, 0.15) is 6.04 Å². The van der Waals surface area contributed by atoms with Crippen molar-refractivity contribution < 1.29 is 4.79 Å². The number of aromatic amines is 2. The van der Waals surface area contributed by atoms with Crippen LogP contribution in [-0.2, 0) is 4.79 Å². The van der Waals surface area contributed by atoms with Gasteiger partial charge in [-0.25, -0.2) is 4.79 Å². The Bertz CT molecular complexity index is 961. The highest BCUT2D eigenvalue weighted by Crippen LogP contribution is 2.23. The summed E-state index contributed by atoms with van der Waals surface area (Å²) in [4.78, 5) is 29.0. The molecule has 0 fully saturated rings. The summed E-state index contributed by atoms with van der Waals surface area (Å²) in [7, 11) is 0. The lowest BCUT2D eigenvalue weighted by molar-refractivity contribution is -0.116. The Morgan fingerprint density at radius 1 is 1.17 bits per heavy atom. The Hall–Kier alpha value is -2.73. The number of nitrogens with one attached hydrogen (secondary N) is 4. The Balaban J connectivity index is 1.73. The Morgan fingerprint density at radius 2 is 1.92 bits per heavy atom. The number of benzene rings is 2. The van der Waals surface area contributed by atoms with Crippen LogP contribution in [0.1, 0.15) is 12.5 Å². The molecule has 0 bridgehead atoms. The monoisotopic (exact) mass is 344 g/mol. The number of anilines is 2. The molecule has 0 saturated carbocycles. The Kier molecular flexibility index (Phi) is 4.31. The Labute approximate surface area is 143 Å². The molecule has 2 aromatic carbocycles. The molecule has 0 aliphatic rings. The number of aromatic nitrogens is 2. The number of hydrogen-bond donors (Lipinski definition) is 4. The quantitative estimate of drug-likeness (QED) is 0.585. The summed E-state index contributed by atoms with van der Waals surface area (Å²) >= 11 is 6.07. The summed E-state index contributed by atoms with van der Waals surface area (Å²) in [6.07, 6.45) is 0. The summed E-state index contributed by atoms with van der Waals surface area (Å²) in [6, 6.07) is 10.3. The first-order valence-electron chi connectivity index (χ1n) is 7.48. The molecule has 1 aromatic heterocycles. The maximum atomic E-state index is 12.4. The van der Waals surface area contributed by atoms with Crippen molar-refractivity contribution in [3.8, 4) is 0 Å². The molecule has 1 atom stereocenters. The number of fused-ring (bicyclic) bond motifs is 1. The molecule has 0 radical (unpaired) electrons. The van der Waals surface area contributed by atoms with Gasteiger partial charge < -0.3 is 20.6 Å². The van der Waals surface area contributed by atoms with E-state index in [-0.39, 0.29) is 11.6 Å². The van der Waals surface area contributed by atoms with Crippen molar-refractivity contribution in [2.24, 2.45) is 0 Å². The average Bonchev–Trinajstić information content (AvgIpc) is 2.91. The molecular formula is C17H17ClN4O2. The van der Waals surface area contributed by atoms with E-state index in [1.165, 1.54) is 0 Å². The summed E-state index contributed by atoms with van der Waals surface area (Å²) in [5, 5.41) is 6.59. The van der Waals surface area contributed by atoms with E-state index in [0.717, 1.165) is 16.8 Å². The third-order valence-corrected chi connectivity index (χ3v) is 4.23. The molecule has 0 aliphatic heterocycles. The maximum Gasteiger partial charge on any atom is 0.323 e. The number of hydrogen-bond acceptors (Lipinski definition) is 3. The third-order valence-electron chi connectivity index (χ3n) is 3.82. The van der Waals surface area contributed by atoms with Crippen molar-refractivity contribution in [1.29, 1.82) is 0 Å². The predicted molar refractivity (Wildman–Crippen MR) is 96.8 cm³/mol. The number of halogens is 1. The molecule has 1 heterocycles. The summed E-state index contributed by atoms with van der Waals surface area (Å²) < 4.78 is 0. The van der Waals surface area contributed by atoms with Crippen LogP contribution in [0.5, 0.6) is 0 Å². The number of rotatable bonds is 4. The van der Waals surface area contributed by atoms with Gasteiger partial charge in [0.05, 0.1) is 11.0 Å². The lowest BCUT2D eigenvalue weighted by Gasteiger charge is -2.16. The maximum absolute atomic E-state index is 12.4. The smallest absolute Gasteiger partial charge is 0.323 e. The Morgan fingerprint density at radius 3 is 2.71 bits per heavy atom. The topological polar surface area (TPSA) is 89.8 Å². The first-order valence-corrected chi connectivity index (χ1v) is 7.86. The second-order valence-electron chi connectivity index (χ2n) is 5.61. The predicted octanol–water partition coefficient (Wildman–Crippen LogP) is 3.26. The van der Waals surface area contributed by atoms with Gasteiger partial charge in [-0.15, -0.1) is 0 Å². The number of carbonyl (C=O) groups excluding carboxylic acids is 1. The van der Waals surface area contributed by atoms with Gasteiger partial charge >= 0.3 is 5.69 Å². The molecule has 24 heavy (non-hydrogen) atoms. The number of amides is 1. The number of imidazole rings is 1. The fourth-order valence-corrected chi connectivity index (χ4v) is 2.60. The third kappa shape index (κ3) is 3.28. The molecule has 7 heteroatoms. The molecule has 1 unspecified atom stereocenters. The van der Waals surface area contributed by atoms with Crippen molar-refractivity contribution in [3.05, 3.63) is 57.5 Å². The van der Waals surface area contributed by atoms with Crippen molar-refractivity contribution >= 4 is 39.9 Å². The molecule has 0 spiro atoms. The molecule has 0 aliphatic carbocycles. The van der Waals surface area contributed by atoms with Crippen LogP contribution >= 0.6 is 11.6 Å². The van der Waals surface area contributed by atoms with E-state index in [0.29, 0.717) is 16.2 Å². The lowest BCUT2D eigenvalue weighted by atomic mass is 10.2. The van der Waals surface area contributed by atoms with Crippen LogP contribution in [0.3, 0.4) is 0 Å². The van der Waals surface area contributed by atoms with Crippen molar-refractivity contribution in [2.45, 2.75) is 19.9 Å². The molecule has 3 rings (SSSR count). The SMILES string of the molecule is Cc1c(Cl)cccc1NC(=O)C(C)Nc1ccc2[nH]c(=O)[nH]c2c1. The number of H-pyrrole nitrogens is 2. The van der Waals surface area contributed by atoms with E-state index in [1.807, 2.05) is 13.0 Å². The first kappa shape index (κ1) is 16.1. The van der Waals surface area contributed by atoms with Crippen molar-refractivity contribution in [3.63, 3.8) is 0 Å². The highest BCUT2D eigenvalue weighted by Gasteiger charge is 2.14. The average molecular weight is 345 g/mol. The van der Waals surface area contributed by atoms with Gasteiger partial charge in [0.25, 0.3) is 0 Å². The second kappa shape index (κ2) is 6.41. The van der Waals surface area contributed by atoms with Gasteiger partial charge in [-0.1, -0.05) is 17.7 Å². The van der Waals surface area contributed by atoms with Gasteiger partial charge in [0, 0.05) is 16.4 Å². The molecule has 0 saturated heterocycles. The molecular weight excluding hydrogens is 328 g/mol. The first-order chi connectivity index (χ1) is 11.4. The largest absolute Gasteiger partial charge is 0.374 e. The molecule has 3 aromatic rings. The highest BCUT2D eigenvalue weighted by atomic mass is 35.5. The fraction of sp³-hybridized carbons (Fsp3) is 0.176.